The Morgan fingerprint density at radius 1 is 1.13 bits per heavy atom. The van der Waals surface area contributed by atoms with Crippen LogP contribution in [0.15, 0.2) is 23.2 Å². The summed E-state index contributed by atoms with van der Waals surface area (Å²) in [5.41, 5.74) is 1.21. The molecule has 1 aromatic carbocycles. The van der Waals surface area contributed by atoms with Crippen LogP contribution < -0.4 is 14.8 Å². The van der Waals surface area contributed by atoms with Gasteiger partial charge in [-0.15, -0.1) is 24.0 Å². The minimum Gasteiger partial charge on any atom is -0.493 e. The molecule has 30 heavy (non-hydrogen) atoms. The van der Waals surface area contributed by atoms with E-state index in [2.05, 4.69) is 39.2 Å². The lowest BCUT2D eigenvalue weighted by atomic mass is 9.99. The average Bonchev–Trinajstić information content (AvgIpc) is 2.78. The van der Waals surface area contributed by atoms with Gasteiger partial charge in [-0.25, -0.2) is 0 Å². The smallest absolute Gasteiger partial charge is 0.193 e. The largest absolute Gasteiger partial charge is 0.493 e. The van der Waals surface area contributed by atoms with Gasteiger partial charge in [0.2, 0.25) is 0 Å². The molecule has 7 nitrogen and oxygen atoms in total. The highest BCUT2D eigenvalue weighted by molar-refractivity contribution is 14.0. The number of methoxy groups -OCH3 is 2. The molecule has 170 valence electrons. The second kappa shape index (κ2) is 12.6. The van der Waals surface area contributed by atoms with Crippen LogP contribution in [0.25, 0.3) is 0 Å². The lowest BCUT2D eigenvalue weighted by molar-refractivity contribution is 0.0168. The van der Waals surface area contributed by atoms with Gasteiger partial charge in [0.1, 0.15) is 0 Å². The molecule has 0 aliphatic carbocycles. The summed E-state index contributed by atoms with van der Waals surface area (Å²) in [7, 11) is 5.23. The minimum absolute atomic E-state index is 0. The molecule has 2 heterocycles. The van der Waals surface area contributed by atoms with Gasteiger partial charge in [-0.2, -0.15) is 0 Å². The molecular formula is C22H37IN4O3. The quantitative estimate of drug-likeness (QED) is 0.346. The first kappa shape index (κ1) is 25.0. The summed E-state index contributed by atoms with van der Waals surface area (Å²) in [6.45, 7) is 8.62. The zero-order valence-corrected chi connectivity index (χ0v) is 21.1. The van der Waals surface area contributed by atoms with E-state index in [9.17, 15) is 0 Å². The molecule has 8 heteroatoms. The van der Waals surface area contributed by atoms with Crippen molar-refractivity contribution in [2.75, 3.05) is 67.2 Å². The summed E-state index contributed by atoms with van der Waals surface area (Å²) in [6.07, 6.45) is 2.45. The van der Waals surface area contributed by atoms with Crippen molar-refractivity contribution in [1.29, 1.82) is 0 Å². The van der Waals surface area contributed by atoms with Crippen LogP contribution in [-0.4, -0.2) is 83.0 Å². The summed E-state index contributed by atoms with van der Waals surface area (Å²) in [6, 6.07) is 6.42. The van der Waals surface area contributed by atoms with E-state index in [0.29, 0.717) is 0 Å². The van der Waals surface area contributed by atoms with Gasteiger partial charge in [0.25, 0.3) is 0 Å². The van der Waals surface area contributed by atoms with Crippen LogP contribution in [0.4, 0.5) is 0 Å². The van der Waals surface area contributed by atoms with E-state index in [4.69, 9.17) is 14.2 Å². The first-order valence-corrected chi connectivity index (χ1v) is 10.7. The molecule has 0 radical (unpaired) electrons. The number of nitrogens with one attached hydrogen (secondary N) is 1. The Labute approximate surface area is 198 Å². The summed E-state index contributed by atoms with van der Waals surface area (Å²) >= 11 is 0. The molecule has 2 saturated heterocycles. The second-order valence-electron chi connectivity index (χ2n) is 7.88. The third-order valence-corrected chi connectivity index (χ3v) is 6.03. The molecule has 1 unspecified atom stereocenters. The molecular weight excluding hydrogens is 495 g/mol. The van der Waals surface area contributed by atoms with Gasteiger partial charge in [0.05, 0.1) is 33.5 Å². The average molecular weight is 532 g/mol. The topological polar surface area (TPSA) is 58.6 Å². The van der Waals surface area contributed by atoms with Crippen molar-refractivity contribution in [3.05, 3.63) is 23.8 Å². The number of piperidine rings is 1. The maximum atomic E-state index is 5.58. The van der Waals surface area contributed by atoms with Crippen LogP contribution in [0.3, 0.4) is 0 Å². The maximum Gasteiger partial charge on any atom is 0.193 e. The molecule has 0 saturated carbocycles. The first-order chi connectivity index (χ1) is 14.2. The summed E-state index contributed by atoms with van der Waals surface area (Å²) < 4.78 is 16.5. The predicted octanol–water partition coefficient (Wildman–Crippen LogP) is 3.00. The fourth-order valence-corrected chi connectivity index (χ4v) is 4.15. The zero-order valence-electron chi connectivity index (χ0n) is 18.7. The standard InChI is InChI=1S/C22H36N4O3.HI/c1-17-7-9-26(10-8-17)22(23-2)24-16-19(25-11-13-29-14-12-25)18-5-6-20(27-3)21(15-18)28-4;/h5-6,15,17,19H,7-14,16H2,1-4H3,(H,23,24);1H. The molecule has 2 aliphatic heterocycles. The Morgan fingerprint density at radius 2 is 1.80 bits per heavy atom. The number of aliphatic imine (C=N–C) groups is 1. The van der Waals surface area contributed by atoms with Gasteiger partial charge >= 0.3 is 0 Å². The lowest BCUT2D eigenvalue weighted by Crippen LogP contribution is -2.49. The number of ether oxygens (including phenoxy) is 3. The maximum absolute atomic E-state index is 5.58. The molecule has 0 amide bonds. The molecule has 0 bridgehead atoms. The molecule has 1 atom stereocenters. The number of benzene rings is 1. The van der Waals surface area contributed by atoms with Crippen LogP contribution in [0.2, 0.25) is 0 Å². The van der Waals surface area contributed by atoms with Gasteiger partial charge in [-0.1, -0.05) is 13.0 Å². The van der Waals surface area contributed by atoms with E-state index in [-0.39, 0.29) is 30.0 Å². The van der Waals surface area contributed by atoms with E-state index in [1.165, 1.54) is 18.4 Å². The van der Waals surface area contributed by atoms with E-state index < -0.39 is 0 Å². The van der Waals surface area contributed by atoms with Crippen LogP contribution in [0.5, 0.6) is 11.5 Å². The Bertz CT molecular complexity index is 674. The molecule has 1 N–H and O–H groups in total. The van der Waals surface area contributed by atoms with E-state index in [1.54, 1.807) is 14.2 Å². The number of nitrogens with zero attached hydrogens (tertiary/aromatic N) is 3. The highest BCUT2D eigenvalue weighted by atomic mass is 127. The monoisotopic (exact) mass is 532 g/mol. The number of likely N-dealkylation sites (tertiary alicyclic amines) is 1. The van der Waals surface area contributed by atoms with Crippen molar-refractivity contribution in [2.45, 2.75) is 25.8 Å². The van der Waals surface area contributed by atoms with Gasteiger partial charge in [0.15, 0.2) is 17.5 Å². The van der Waals surface area contributed by atoms with Gasteiger partial charge < -0.3 is 24.4 Å². The fraction of sp³-hybridized carbons (Fsp3) is 0.682. The first-order valence-electron chi connectivity index (χ1n) is 10.7. The van der Waals surface area contributed by atoms with E-state index in [1.807, 2.05) is 13.1 Å². The second-order valence-corrected chi connectivity index (χ2v) is 7.88. The van der Waals surface area contributed by atoms with Crippen molar-refractivity contribution in [1.82, 2.24) is 15.1 Å². The third kappa shape index (κ3) is 6.37. The summed E-state index contributed by atoms with van der Waals surface area (Å²) in [4.78, 5) is 9.41. The fourth-order valence-electron chi connectivity index (χ4n) is 4.15. The Kier molecular flexibility index (Phi) is 10.5. The Hall–Kier alpha value is -1.26. The number of guanidine groups is 1. The highest BCUT2D eigenvalue weighted by Gasteiger charge is 2.25. The Balaban J connectivity index is 0.00000320. The van der Waals surface area contributed by atoms with Crippen molar-refractivity contribution < 1.29 is 14.2 Å². The zero-order chi connectivity index (χ0) is 20.6. The van der Waals surface area contributed by atoms with Crippen molar-refractivity contribution in [3.63, 3.8) is 0 Å². The van der Waals surface area contributed by atoms with Gasteiger partial charge in [0, 0.05) is 39.8 Å². The highest BCUT2D eigenvalue weighted by Crippen LogP contribution is 2.32. The predicted molar refractivity (Wildman–Crippen MR) is 131 cm³/mol. The Morgan fingerprint density at radius 3 is 2.40 bits per heavy atom. The third-order valence-electron chi connectivity index (χ3n) is 6.03. The molecule has 2 aliphatic rings. The molecule has 3 rings (SSSR count). The summed E-state index contributed by atoms with van der Waals surface area (Å²) in [5.74, 6) is 3.31. The number of morpholine rings is 1. The van der Waals surface area contributed by atoms with Gasteiger partial charge in [-0.05, 0) is 36.5 Å². The number of halogens is 1. The summed E-state index contributed by atoms with van der Waals surface area (Å²) in [5, 5.41) is 3.64. The molecule has 0 aromatic heterocycles. The van der Waals surface area contributed by atoms with Crippen molar-refractivity contribution in [3.8, 4) is 11.5 Å². The molecule has 0 spiro atoms. The van der Waals surface area contributed by atoms with Crippen LogP contribution in [0, 0.1) is 5.92 Å². The van der Waals surface area contributed by atoms with Crippen LogP contribution in [0.1, 0.15) is 31.4 Å². The van der Waals surface area contributed by atoms with Crippen LogP contribution in [-0.2, 0) is 4.74 Å². The lowest BCUT2D eigenvalue weighted by Gasteiger charge is -2.37. The minimum atomic E-state index is 0. The van der Waals surface area contributed by atoms with Crippen LogP contribution >= 0.6 is 24.0 Å². The number of hydrogen-bond acceptors (Lipinski definition) is 5. The van der Waals surface area contributed by atoms with E-state index in [0.717, 1.165) is 69.3 Å². The molecule has 1 aromatic rings. The SMILES string of the molecule is CN=C(NCC(c1ccc(OC)c(OC)c1)N1CCOCC1)N1CCC(C)CC1.I. The van der Waals surface area contributed by atoms with Crippen molar-refractivity contribution >= 4 is 29.9 Å². The normalized spacial score (nSPS) is 19.7. The number of rotatable bonds is 6. The molecule has 2 fully saturated rings. The van der Waals surface area contributed by atoms with Gasteiger partial charge in [-0.3, -0.25) is 9.89 Å². The number of hydrogen-bond donors (Lipinski definition) is 1. The van der Waals surface area contributed by atoms with E-state index >= 15 is 0 Å². The van der Waals surface area contributed by atoms with Crippen molar-refractivity contribution in [2.24, 2.45) is 10.9 Å².